The van der Waals surface area contributed by atoms with Crippen LogP contribution in [-0.4, -0.2) is 17.1 Å². The Balaban J connectivity index is 2.98. The smallest absolute Gasteiger partial charge is 0.416 e. The Labute approximate surface area is 103 Å². The highest BCUT2D eigenvalue weighted by atomic mass is 19.4. The van der Waals surface area contributed by atoms with E-state index < -0.39 is 23.8 Å². The summed E-state index contributed by atoms with van der Waals surface area (Å²) >= 11 is 0. The molecule has 2 N–H and O–H groups in total. The van der Waals surface area contributed by atoms with E-state index >= 15 is 0 Å². The molecule has 0 bridgehead atoms. The predicted octanol–water partition coefficient (Wildman–Crippen LogP) is 2.83. The summed E-state index contributed by atoms with van der Waals surface area (Å²) in [5.41, 5.74) is -0.496. The fourth-order valence-corrected chi connectivity index (χ4v) is 1.51. The molecule has 1 aromatic rings. The minimum Gasteiger partial charge on any atom is -0.480 e. The van der Waals surface area contributed by atoms with Crippen molar-refractivity contribution in [2.45, 2.75) is 32.1 Å². The number of hydrogen-bond donors (Lipinski definition) is 2. The van der Waals surface area contributed by atoms with E-state index in [4.69, 9.17) is 5.11 Å². The lowest BCUT2D eigenvalue weighted by Gasteiger charge is -2.18. The third-order valence-electron chi connectivity index (χ3n) is 2.32. The summed E-state index contributed by atoms with van der Waals surface area (Å²) in [4.78, 5) is 11.0. The Hall–Kier alpha value is -1.56. The zero-order valence-corrected chi connectivity index (χ0v) is 9.95. The van der Waals surface area contributed by atoms with Gasteiger partial charge in [-0.1, -0.05) is 12.1 Å². The molecule has 0 amide bonds. The van der Waals surface area contributed by atoms with E-state index in [1.807, 2.05) is 0 Å². The van der Waals surface area contributed by atoms with Gasteiger partial charge in [0.2, 0.25) is 0 Å². The van der Waals surface area contributed by atoms with Gasteiger partial charge in [-0.15, -0.1) is 0 Å². The normalized spacial score (nSPS) is 13.7. The summed E-state index contributed by atoms with van der Waals surface area (Å²) < 4.78 is 37.1. The summed E-state index contributed by atoms with van der Waals surface area (Å²) in [7, 11) is 0. The highest BCUT2D eigenvalue weighted by Crippen LogP contribution is 2.30. The van der Waals surface area contributed by atoms with Gasteiger partial charge in [0.1, 0.15) is 6.04 Å². The van der Waals surface area contributed by atoms with Crippen LogP contribution in [0.1, 0.15) is 31.0 Å². The van der Waals surface area contributed by atoms with Crippen LogP contribution < -0.4 is 5.32 Å². The first-order valence-corrected chi connectivity index (χ1v) is 5.38. The van der Waals surface area contributed by atoms with Gasteiger partial charge in [-0.05, 0) is 31.5 Å². The average molecular weight is 261 g/mol. The number of hydrogen-bond acceptors (Lipinski definition) is 2. The van der Waals surface area contributed by atoms with Gasteiger partial charge in [-0.2, -0.15) is 13.2 Å². The van der Waals surface area contributed by atoms with Gasteiger partial charge in [-0.25, -0.2) is 0 Å². The number of carboxylic acids is 1. The van der Waals surface area contributed by atoms with Crippen LogP contribution in [0.3, 0.4) is 0 Å². The number of carbonyl (C=O) groups is 1. The maximum atomic E-state index is 12.4. The molecule has 0 saturated heterocycles. The van der Waals surface area contributed by atoms with Crippen molar-refractivity contribution in [1.29, 1.82) is 0 Å². The monoisotopic (exact) mass is 261 g/mol. The minimum atomic E-state index is -4.41. The summed E-state index contributed by atoms with van der Waals surface area (Å²) in [5, 5.41) is 11.8. The minimum absolute atomic E-state index is 0.0895. The average Bonchev–Trinajstić information content (AvgIpc) is 2.24. The van der Waals surface area contributed by atoms with Crippen LogP contribution in [0.15, 0.2) is 24.3 Å². The van der Waals surface area contributed by atoms with Crippen LogP contribution in [-0.2, 0) is 11.0 Å². The first-order valence-electron chi connectivity index (χ1n) is 5.38. The molecular weight excluding hydrogens is 247 g/mol. The number of carboxylic acid groups (broad SMARTS) is 1. The molecule has 3 nitrogen and oxygen atoms in total. The second-order valence-corrected chi connectivity index (χ2v) is 4.21. The van der Waals surface area contributed by atoms with E-state index in [1.54, 1.807) is 13.8 Å². The van der Waals surface area contributed by atoms with Crippen molar-refractivity contribution in [2.24, 2.45) is 0 Å². The highest BCUT2D eigenvalue weighted by molar-refractivity contribution is 5.75. The van der Waals surface area contributed by atoms with Gasteiger partial charge in [-0.3, -0.25) is 10.1 Å². The number of halogens is 3. The van der Waals surface area contributed by atoms with Crippen LogP contribution in [0.2, 0.25) is 0 Å². The van der Waals surface area contributed by atoms with Crippen molar-refractivity contribution >= 4 is 5.97 Å². The molecule has 0 spiro atoms. The number of aliphatic carboxylic acids is 1. The number of rotatable bonds is 4. The lowest BCUT2D eigenvalue weighted by molar-refractivity contribution is -0.139. The van der Waals surface area contributed by atoms with Crippen LogP contribution >= 0.6 is 0 Å². The standard InChI is InChI=1S/C12H14F3NO2/c1-7(2)16-10(11(17)18)8-3-5-9(6-4-8)12(13,14)15/h3-7,10,16H,1-2H3,(H,17,18). The second kappa shape index (κ2) is 5.39. The van der Waals surface area contributed by atoms with Gasteiger partial charge >= 0.3 is 12.1 Å². The van der Waals surface area contributed by atoms with Crippen molar-refractivity contribution in [3.8, 4) is 0 Å². The van der Waals surface area contributed by atoms with Crippen LogP contribution in [0.4, 0.5) is 13.2 Å². The van der Waals surface area contributed by atoms with E-state index in [2.05, 4.69) is 5.32 Å². The van der Waals surface area contributed by atoms with Gasteiger partial charge < -0.3 is 5.11 Å². The van der Waals surface area contributed by atoms with E-state index in [1.165, 1.54) is 12.1 Å². The quantitative estimate of drug-likeness (QED) is 0.876. The van der Waals surface area contributed by atoms with E-state index in [0.717, 1.165) is 12.1 Å². The maximum absolute atomic E-state index is 12.4. The summed E-state index contributed by atoms with van der Waals surface area (Å²) in [6, 6.07) is 3.02. The summed E-state index contributed by atoms with van der Waals surface area (Å²) in [6.07, 6.45) is -4.41. The Kier molecular flexibility index (Phi) is 4.34. The van der Waals surface area contributed by atoms with Crippen molar-refractivity contribution < 1.29 is 23.1 Å². The zero-order chi connectivity index (χ0) is 13.9. The molecule has 18 heavy (non-hydrogen) atoms. The molecular formula is C12H14F3NO2. The molecule has 1 unspecified atom stereocenters. The third-order valence-corrected chi connectivity index (χ3v) is 2.32. The molecule has 0 saturated carbocycles. The van der Waals surface area contributed by atoms with Crippen molar-refractivity contribution in [2.75, 3.05) is 0 Å². The maximum Gasteiger partial charge on any atom is 0.416 e. The van der Waals surface area contributed by atoms with Crippen molar-refractivity contribution in [3.05, 3.63) is 35.4 Å². The largest absolute Gasteiger partial charge is 0.480 e. The highest BCUT2D eigenvalue weighted by Gasteiger charge is 2.30. The fraction of sp³-hybridized carbons (Fsp3) is 0.417. The molecule has 0 aliphatic carbocycles. The summed E-state index contributed by atoms with van der Waals surface area (Å²) in [6.45, 7) is 3.53. The van der Waals surface area contributed by atoms with E-state index in [-0.39, 0.29) is 6.04 Å². The molecule has 0 aliphatic rings. The molecule has 0 aromatic heterocycles. The molecule has 100 valence electrons. The molecule has 1 aromatic carbocycles. The molecule has 0 radical (unpaired) electrons. The Morgan fingerprint density at radius 3 is 2.06 bits per heavy atom. The van der Waals surface area contributed by atoms with Crippen molar-refractivity contribution in [1.82, 2.24) is 5.32 Å². The van der Waals surface area contributed by atoms with Gasteiger partial charge in [0.05, 0.1) is 5.56 Å². The Bertz CT molecular complexity index is 412. The molecule has 0 heterocycles. The van der Waals surface area contributed by atoms with Crippen molar-refractivity contribution in [3.63, 3.8) is 0 Å². The van der Waals surface area contributed by atoms with Gasteiger partial charge in [0.15, 0.2) is 0 Å². The lowest BCUT2D eigenvalue weighted by Crippen LogP contribution is -2.33. The first-order chi connectivity index (χ1) is 8.21. The predicted molar refractivity (Wildman–Crippen MR) is 60.1 cm³/mol. The topological polar surface area (TPSA) is 49.3 Å². The number of alkyl halides is 3. The molecule has 6 heteroatoms. The Morgan fingerprint density at radius 2 is 1.72 bits per heavy atom. The number of benzene rings is 1. The molecule has 0 aliphatic heterocycles. The van der Waals surface area contributed by atoms with E-state index in [0.29, 0.717) is 5.56 Å². The van der Waals surface area contributed by atoms with E-state index in [9.17, 15) is 18.0 Å². The SMILES string of the molecule is CC(C)NC(C(=O)O)c1ccc(C(F)(F)F)cc1. The Morgan fingerprint density at radius 1 is 1.22 bits per heavy atom. The van der Waals surface area contributed by atoms with Crippen LogP contribution in [0.25, 0.3) is 0 Å². The zero-order valence-electron chi connectivity index (χ0n) is 9.95. The number of nitrogens with one attached hydrogen (secondary N) is 1. The second-order valence-electron chi connectivity index (χ2n) is 4.21. The summed E-state index contributed by atoms with van der Waals surface area (Å²) in [5.74, 6) is -1.12. The molecule has 1 atom stereocenters. The fourth-order valence-electron chi connectivity index (χ4n) is 1.51. The van der Waals surface area contributed by atoms with Crippen LogP contribution in [0.5, 0.6) is 0 Å². The van der Waals surface area contributed by atoms with Crippen LogP contribution in [0, 0.1) is 0 Å². The van der Waals surface area contributed by atoms with Gasteiger partial charge in [0.25, 0.3) is 0 Å². The molecule has 0 fully saturated rings. The first kappa shape index (κ1) is 14.5. The van der Waals surface area contributed by atoms with Gasteiger partial charge in [0, 0.05) is 6.04 Å². The lowest BCUT2D eigenvalue weighted by atomic mass is 10.0. The molecule has 1 rings (SSSR count). The third kappa shape index (κ3) is 3.73.